The van der Waals surface area contributed by atoms with Crippen LogP contribution in [0.1, 0.15) is 19.3 Å². The number of aromatic nitrogens is 2. The van der Waals surface area contributed by atoms with Gasteiger partial charge in [0.1, 0.15) is 5.60 Å². The first-order chi connectivity index (χ1) is 10.2. The molecule has 0 unspecified atom stereocenters. The number of nitrogens with one attached hydrogen (secondary N) is 1. The Morgan fingerprint density at radius 2 is 1.81 bits per heavy atom. The smallest absolute Gasteiger partial charge is 0.423 e. The van der Waals surface area contributed by atoms with Gasteiger partial charge >= 0.3 is 11.8 Å². The molecule has 0 aliphatic carbocycles. The second-order valence-electron chi connectivity index (χ2n) is 5.93. The van der Waals surface area contributed by atoms with Gasteiger partial charge in [-0.2, -0.15) is 4.57 Å². The molecule has 1 N–H and O–H groups in total. The third-order valence-corrected chi connectivity index (χ3v) is 4.73. The number of ether oxygens (including phenoxy) is 1. The predicted molar refractivity (Wildman–Crippen MR) is 77.5 cm³/mol. The number of imidazole rings is 1. The lowest BCUT2D eigenvalue weighted by molar-refractivity contribution is -0.0780. The number of fused-ring (bicyclic) bond motifs is 4. The SMILES string of the molecule is O=C(OC12CCN(CC1)CC2)n1c(=O)[nH]c2ccccc21. The van der Waals surface area contributed by atoms with E-state index in [-0.39, 0.29) is 5.60 Å². The molecule has 110 valence electrons. The summed E-state index contributed by atoms with van der Waals surface area (Å²) >= 11 is 0. The maximum atomic E-state index is 12.5. The molecule has 2 aromatic rings. The summed E-state index contributed by atoms with van der Waals surface area (Å²) in [6.07, 6.45) is 2.01. The number of piperidine rings is 3. The first kappa shape index (κ1) is 12.6. The maximum Gasteiger partial charge on any atom is 0.423 e. The molecule has 4 heterocycles. The largest absolute Gasteiger partial charge is 0.442 e. The van der Waals surface area contributed by atoms with Crippen LogP contribution in [0.25, 0.3) is 11.0 Å². The zero-order valence-corrected chi connectivity index (χ0v) is 11.7. The number of hydrogen-bond acceptors (Lipinski definition) is 4. The number of para-hydroxylation sites is 2. The van der Waals surface area contributed by atoms with E-state index < -0.39 is 11.8 Å². The molecular formula is C15H17N3O3. The van der Waals surface area contributed by atoms with E-state index in [1.165, 1.54) is 0 Å². The lowest BCUT2D eigenvalue weighted by Gasteiger charge is -2.47. The fourth-order valence-electron chi connectivity index (χ4n) is 3.42. The van der Waals surface area contributed by atoms with Gasteiger partial charge in [0, 0.05) is 38.9 Å². The minimum absolute atomic E-state index is 0.385. The van der Waals surface area contributed by atoms with Crippen molar-refractivity contribution >= 4 is 17.1 Å². The van der Waals surface area contributed by atoms with Crippen molar-refractivity contribution in [3.63, 3.8) is 0 Å². The van der Waals surface area contributed by atoms with E-state index in [2.05, 4.69) is 9.88 Å². The second-order valence-corrected chi connectivity index (χ2v) is 5.93. The maximum absolute atomic E-state index is 12.5. The first-order valence-corrected chi connectivity index (χ1v) is 7.32. The van der Waals surface area contributed by atoms with Crippen LogP contribution in [0.15, 0.2) is 29.1 Å². The number of benzene rings is 1. The van der Waals surface area contributed by atoms with E-state index >= 15 is 0 Å². The van der Waals surface area contributed by atoms with Gasteiger partial charge < -0.3 is 14.6 Å². The number of nitrogens with zero attached hydrogens (tertiary/aromatic N) is 2. The Balaban J connectivity index is 1.68. The molecule has 3 aliphatic heterocycles. The van der Waals surface area contributed by atoms with Gasteiger partial charge in [0.2, 0.25) is 0 Å². The topological polar surface area (TPSA) is 67.3 Å². The fourth-order valence-corrected chi connectivity index (χ4v) is 3.42. The fraction of sp³-hybridized carbons (Fsp3) is 0.467. The zero-order valence-electron chi connectivity index (χ0n) is 11.7. The summed E-state index contributed by atoms with van der Waals surface area (Å²) in [6.45, 7) is 2.90. The molecule has 2 bridgehead atoms. The van der Waals surface area contributed by atoms with E-state index in [1.54, 1.807) is 18.2 Å². The number of carbonyl (C=O) groups excluding carboxylic acids is 1. The predicted octanol–water partition coefficient (Wildman–Crippen LogP) is 1.55. The second kappa shape index (κ2) is 4.46. The van der Waals surface area contributed by atoms with Crippen LogP contribution in [0, 0.1) is 0 Å². The highest BCUT2D eigenvalue weighted by molar-refractivity contribution is 5.86. The summed E-state index contributed by atoms with van der Waals surface area (Å²) in [4.78, 5) is 29.6. The number of hydrogen-bond donors (Lipinski definition) is 1. The van der Waals surface area contributed by atoms with Crippen molar-refractivity contribution in [2.24, 2.45) is 0 Å². The quantitative estimate of drug-likeness (QED) is 0.864. The van der Waals surface area contributed by atoms with Crippen LogP contribution in [0.5, 0.6) is 0 Å². The minimum Gasteiger partial charge on any atom is -0.442 e. The van der Waals surface area contributed by atoms with Gasteiger partial charge in [0.25, 0.3) is 0 Å². The van der Waals surface area contributed by atoms with Crippen LogP contribution >= 0.6 is 0 Å². The summed E-state index contributed by atoms with van der Waals surface area (Å²) in [5.41, 5.74) is 0.391. The Morgan fingerprint density at radius 3 is 2.52 bits per heavy atom. The standard InChI is InChI=1S/C15H17N3O3/c19-13-16-11-3-1-2-4-12(11)18(13)14(20)21-15-5-8-17(9-6-15)10-7-15/h1-4H,5-10H2,(H,16,19). The summed E-state index contributed by atoms with van der Waals surface area (Å²) in [6, 6.07) is 7.15. The lowest BCUT2D eigenvalue weighted by atomic mass is 9.83. The molecule has 1 aromatic heterocycles. The lowest BCUT2D eigenvalue weighted by Crippen LogP contribution is -2.55. The van der Waals surface area contributed by atoms with Gasteiger partial charge in [-0.15, -0.1) is 0 Å². The summed E-state index contributed by atoms with van der Waals surface area (Å²) < 4.78 is 6.88. The van der Waals surface area contributed by atoms with E-state index in [0.29, 0.717) is 11.0 Å². The van der Waals surface area contributed by atoms with Gasteiger partial charge in [0.05, 0.1) is 11.0 Å². The van der Waals surface area contributed by atoms with Crippen molar-refractivity contribution in [1.82, 2.24) is 14.5 Å². The zero-order chi connectivity index (χ0) is 14.4. The van der Waals surface area contributed by atoms with Gasteiger partial charge in [-0.3, -0.25) is 0 Å². The number of H-pyrrole nitrogens is 1. The molecule has 0 saturated carbocycles. The molecule has 3 fully saturated rings. The summed E-state index contributed by atoms with van der Waals surface area (Å²) in [7, 11) is 0. The van der Waals surface area contributed by atoms with Gasteiger partial charge in [-0.1, -0.05) is 12.1 Å². The first-order valence-electron chi connectivity index (χ1n) is 7.32. The van der Waals surface area contributed by atoms with Gasteiger partial charge in [-0.05, 0) is 12.1 Å². The number of rotatable bonds is 1. The molecule has 0 atom stereocenters. The molecule has 6 heteroatoms. The van der Waals surface area contributed by atoms with Gasteiger partial charge in [-0.25, -0.2) is 9.59 Å². The van der Waals surface area contributed by atoms with Crippen molar-refractivity contribution in [3.8, 4) is 0 Å². The van der Waals surface area contributed by atoms with E-state index in [1.807, 2.05) is 6.07 Å². The monoisotopic (exact) mass is 287 g/mol. The highest BCUT2D eigenvalue weighted by atomic mass is 16.6. The third kappa shape index (κ3) is 1.98. The molecule has 1 aromatic carbocycles. The molecule has 21 heavy (non-hydrogen) atoms. The van der Waals surface area contributed by atoms with Crippen molar-refractivity contribution in [2.45, 2.75) is 24.9 Å². The van der Waals surface area contributed by atoms with Crippen molar-refractivity contribution in [3.05, 3.63) is 34.7 Å². The van der Waals surface area contributed by atoms with Crippen LogP contribution < -0.4 is 5.69 Å². The molecule has 6 nitrogen and oxygen atoms in total. The number of carbonyl (C=O) groups is 1. The highest BCUT2D eigenvalue weighted by Crippen LogP contribution is 2.35. The Hall–Kier alpha value is -2.08. The molecule has 0 radical (unpaired) electrons. The Labute approximate surface area is 121 Å². The van der Waals surface area contributed by atoms with Crippen molar-refractivity contribution in [1.29, 1.82) is 0 Å². The van der Waals surface area contributed by atoms with E-state index in [0.717, 1.165) is 43.5 Å². The van der Waals surface area contributed by atoms with Crippen molar-refractivity contribution < 1.29 is 9.53 Å². The Morgan fingerprint density at radius 1 is 1.14 bits per heavy atom. The van der Waals surface area contributed by atoms with Crippen LogP contribution in [0.3, 0.4) is 0 Å². The average Bonchev–Trinajstić information content (AvgIpc) is 2.84. The molecule has 0 spiro atoms. The Bertz CT molecular complexity index is 739. The highest BCUT2D eigenvalue weighted by Gasteiger charge is 2.43. The van der Waals surface area contributed by atoms with Crippen molar-refractivity contribution in [2.75, 3.05) is 19.6 Å². The molecular weight excluding hydrogens is 270 g/mol. The van der Waals surface area contributed by atoms with Gasteiger partial charge in [0.15, 0.2) is 0 Å². The van der Waals surface area contributed by atoms with E-state index in [9.17, 15) is 9.59 Å². The molecule has 3 aliphatic rings. The third-order valence-electron chi connectivity index (χ3n) is 4.73. The van der Waals surface area contributed by atoms with E-state index in [4.69, 9.17) is 4.74 Å². The molecule has 3 saturated heterocycles. The van der Waals surface area contributed by atoms with Crippen LogP contribution in [0.2, 0.25) is 0 Å². The summed E-state index contributed by atoms with van der Waals surface area (Å²) in [5, 5.41) is 0. The van der Waals surface area contributed by atoms with Crippen LogP contribution in [-0.4, -0.2) is 45.8 Å². The van der Waals surface area contributed by atoms with Crippen LogP contribution in [0.4, 0.5) is 4.79 Å². The average molecular weight is 287 g/mol. The molecule has 0 amide bonds. The van der Waals surface area contributed by atoms with Crippen LogP contribution in [-0.2, 0) is 4.74 Å². The Kier molecular flexibility index (Phi) is 2.68. The normalized spacial score (nSPS) is 27.9. The minimum atomic E-state index is -0.562. The molecule has 5 rings (SSSR count). The number of aromatic amines is 1. The summed E-state index contributed by atoms with van der Waals surface area (Å²) in [5.74, 6) is 0.